The topological polar surface area (TPSA) is 112 Å². The van der Waals surface area contributed by atoms with Crippen LogP contribution in [0.2, 0.25) is 0 Å². The van der Waals surface area contributed by atoms with E-state index in [1.165, 1.54) is 12.1 Å². The minimum Gasteiger partial charge on any atom is -0.507 e. The summed E-state index contributed by atoms with van der Waals surface area (Å²) in [6.45, 7) is 0.234. The summed E-state index contributed by atoms with van der Waals surface area (Å²) in [6, 6.07) is 8.79. The van der Waals surface area contributed by atoms with Crippen LogP contribution in [0, 0.1) is 11.8 Å². The van der Waals surface area contributed by atoms with E-state index in [0.29, 0.717) is 11.1 Å². The van der Waals surface area contributed by atoms with Gasteiger partial charge < -0.3 is 23.7 Å². The second-order valence-corrected chi connectivity index (χ2v) is 6.32. The summed E-state index contributed by atoms with van der Waals surface area (Å²) >= 11 is 0. The van der Waals surface area contributed by atoms with Crippen molar-refractivity contribution in [2.24, 2.45) is 0 Å². The highest BCUT2D eigenvalue weighted by atomic mass is 16.5. The number of benzene rings is 2. The lowest BCUT2D eigenvalue weighted by Gasteiger charge is -2.06. The monoisotopic (exact) mass is 406 g/mol. The molecule has 0 fully saturated rings. The van der Waals surface area contributed by atoms with Crippen molar-refractivity contribution in [3.05, 3.63) is 69.1 Å². The molecule has 3 aromatic rings. The number of methoxy groups -OCH3 is 1. The van der Waals surface area contributed by atoms with Gasteiger partial charge in [-0.15, -0.1) is 0 Å². The predicted molar refractivity (Wildman–Crippen MR) is 103 cm³/mol. The van der Waals surface area contributed by atoms with Crippen molar-refractivity contribution in [1.29, 1.82) is 0 Å². The van der Waals surface area contributed by atoms with Gasteiger partial charge in [0.15, 0.2) is 5.43 Å². The fourth-order valence-corrected chi connectivity index (χ4v) is 2.98. The fourth-order valence-electron chi connectivity index (χ4n) is 2.98. The molecule has 8 heteroatoms. The minimum absolute atomic E-state index is 0.0250. The SMILES string of the molecule is COC(=O)c1cc(=O)c2c(O)cc(OCC#Cc3ccc4c(c3)C(=O)OC4)cc2o1. The van der Waals surface area contributed by atoms with E-state index in [2.05, 4.69) is 16.6 Å². The molecule has 30 heavy (non-hydrogen) atoms. The van der Waals surface area contributed by atoms with Gasteiger partial charge in [0.25, 0.3) is 0 Å². The molecule has 0 bridgehead atoms. The molecular weight excluding hydrogens is 392 g/mol. The molecule has 0 radical (unpaired) electrons. The molecule has 4 rings (SSSR count). The Morgan fingerprint density at radius 2 is 2.03 bits per heavy atom. The highest BCUT2D eigenvalue weighted by Crippen LogP contribution is 2.29. The molecule has 0 atom stereocenters. The van der Waals surface area contributed by atoms with Crippen LogP contribution in [-0.2, 0) is 16.1 Å². The smallest absolute Gasteiger partial charge is 0.374 e. The zero-order chi connectivity index (χ0) is 21.3. The molecule has 8 nitrogen and oxygen atoms in total. The van der Waals surface area contributed by atoms with E-state index in [0.717, 1.165) is 18.7 Å². The average Bonchev–Trinajstić information content (AvgIpc) is 3.10. The number of ether oxygens (including phenoxy) is 3. The highest BCUT2D eigenvalue weighted by molar-refractivity contribution is 5.93. The third-order valence-electron chi connectivity index (χ3n) is 4.40. The Morgan fingerprint density at radius 3 is 2.83 bits per heavy atom. The summed E-state index contributed by atoms with van der Waals surface area (Å²) in [5.74, 6) is 4.04. The molecule has 2 heterocycles. The number of esters is 2. The van der Waals surface area contributed by atoms with Gasteiger partial charge in [0.2, 0.25) is 5.76 Å². The Bertz CT molecular complexity index is 1310. The van der Waals surface area contributed by atoms with Crippen molar-refractivity contribution in [2.45, 2.75) is 6.61 Å². The van der Waals surface area contributed by atoms with Crippen LogP contribution in [0.3, 0.4) is 0 Å². The Balaban J connectivity index is 1.54. The van der Waals surface area contributed by atoms with Crippen molar-refractivity contribution in [3.8, 4) is 23.3 Å². The largest absolute Gasteiger partial charge is 0.507 e. The maximum atomic E-state index is 12.1. The first-order valence-corrected chi connectivity index (χ1v) is 8.77. The Labute approximate surface area is 169 Å². The van der Waals surface area contributed by atoms with Crippen molar-refractivity contribution in [2.75, 3.05) is 13.7 Å². The Morgan fingerprint density at radius 1 is 1.20 bits per heavy atom. The van der Waals surface area contributed by atoms with Crippen LogP contribution in [0.1, 0.15) is 32.0 Å². The van der Waals surface area contributed by atoms with Crippen LogP contribution in [0.15, 0.2) is 45.6 Å². The van der Waals surface area contributed by atoms with Gasteiger partial charge in [0, 0.05) is 29.3 Å². The summed E-state index contributed by atoms with van der Waals surface area (Å²) in [5, 5.41) is 10.1. The van der Waals surface area contributed by atoms with Gasteiger partial charge in [-0.1, -0.05) is 17.9 Å². The third-order valence-corrected chi connectivity index (χ3v) is 4.40. The molecule has 150 valence electrons. The number of fused-ring (bicyclic) bond motifs is 2. The van der Waals surface area contributed by atoms with E-state index in [-0.39, 0.29) is 47.4 Å². The molecule has 0 spiro atoms. The number of phenols is 1. The average molecular weight is 406 g/mol. The van der Waals surface area contributed by atoms with Crippen LogP contribution >= 0.6 is 0 Å². The number of hydrogen-bond donors (Lipinski definition) is 1. The third kappa shape index (κ3) is 3.56. The molecule has 0 aliphatic carbocycles. The lowest BCUT2D eigenvalue weighted by molar-refractivity contribution is 0.0533. The molecule has 0 amide bonds. The first-order valence-electron chi connectivity index (χ1n) is 8.77. The zero-order valence-corrected chi connectivity index (χ0v) is 15.7. The lowest BCUT2D eigenvalue weighted by Crippen LogP contribution is -2.08. The van der Waals surface area contributed by atoms with Gasteiger partial charge in [-0.3, -0.25) is 4.79 Å². The second-order valence-electron chi connectivity index (χ2n) is 6.32. The van der Waals surface area contributed by atoms with Crippen molar-refractivity contribution >= 4 is 22.9 Å². The van der Waals surface area contributed by atoms with Gasteiger partial charge in [-0.05, 0) is 12.1 Å². The number of phenolic OH excluding ortho intramolecular Hbond substituents is 1. The van der Waals surface area contributed by atoms with Gasteiger partial charge in [-0.25, -0.2) is 9.59 Å². The van der Waals surface area contributed by atoms with Crippen LogP contribution < -0.4 is 10.2 Å². The molecule has 1 aromatic heterocycles. The number of hydrogen-bond acceptors (Lipinski definition) is 8. The first kappa shape index (κ1) is 19.1. The van der Waals surface area contributed by atoms with E-state index in [4.69, 9.17) is 13.9 Å². The Hall–Kier alpha value is -4.25. The van der Waals surface area contributed by atoms with Crippen LogP contribution in [0.4, 0.5) is 0 Å². The fraction of sp³-hybridized carbons (Fsp3) is 0.136. The molecule has 1 N–H and O–H groups in total. The maximum Gasteiger partial charge on any atom is 0.374 e. The summed E-state index contributed by atoms with van der Waals surface area (Å²) in [4.78, 5) is 35.4. The van der Waals surface area contributed by atoms with E-state index in [1.54, 1.807) is 18.2 Å². The molecule has 1 aliphatic rings. The van der Waals surface area contributed by atoms with Crippen molar-refractivity contribution in [1.82, 2.24) is 0 Å². The summed E-state index contributed by atoms with van der Waals surface area (Å²) in [5.41, 5.74) is 1.34. The number of cyclic esters (lactones) is 1. The number of aromatic hydroxyl groups is 1. The molecule has 0 saturated heterocycles. The van der Waals surface area contributed by atoms with Crippen LogP contribution in [0.5, 0.6) is 11.5 Å². The standard InChI is InChI=1S/C22H14O8/c1-27-22(26)19-10-17(24)20-16(23)8-14(9-18(20)30-19)28-6-2-3-12-4-5-13-11-29-21(25)15(13)7-12/h4-5,7-10,23H,6,11H2,1H3. The summed E-state index contributed by atoms with van der Waals surface area (Å²) in [6.07, 6.45) is 0. The van der Waals surface area contributed by atoms with Gasteiger partial charge in [0.1, 0.15) is 35.7 Å². The van der Waals surface area contributed by atoms with Crippen molar-refractivity contribution in [3.63, 3.8) is 0 Å². The van der Waals surface area contributed by atoms with Crippen LogP contribution in [0.25, 0.3) is 11.0 Å². The normalized spacial score (nSPS) is 12.0. The number of carbonyl (C=O) groups is 2. The molecule has 1 aliphatic heterocycles. The first-order chi connectivity index (χ1) is 14.5. The van der Waals surface area contributed by atoms with Gasteiger partial charge >= 0.3 is 11.9 Å². The zero-order valence-electron chi connectivity index (χ0n) is 15.7. The van der Waals surface area contributed by atoms with Gasteiger partial charge in [0.05, 0.1) is 12.7 Å². The molecule has 2 aromatic carbocycles. The molecule has 0 saturated carbocycles. The summed E-state index contributed by atoms with van der Waals surface area (Å²) in [7, 11) is 1.16. The highest BCUT2D eigenvalue weighted by Gasteiger charge is 2.20. The minimum atomic E-state index is -0.816. The van der Waals surface area contributed by atoms with E-state index in [1.807, 2.05) is 0 Å². The molecular formula is C22H14O8. The maximum absolute atomic E-state index is 12.1. The molecule has 0 unspecified atom stereocenters. The van der Waals surface area contributed by atoms with E-state index < -0.39 is 11.4 Å². The predicted octanol–water partition coefficient (Wildman–Crippen LogP) is 2.39. The number of carbonyl (C=O) groups excluding carboxylic acids is 2. The van der Waals surface area contributed by atoms with E-state index >= 15 is 0 Å². The van der Waals surface area contributed by atoms with Crippen LogP contribution in [-0.4, -0.2) is 30.8 Å². The summed E-state index contributed by atoms with van der Waals surface area (Å²) < 4.78 is 20.3. The van der Waals surface area contributed by atoms with Crippen molar-refractivity contribution < 1.29 is 33.3 Å². The Kier molecular flexibility index (Phi) is 4.86. The lowest BCUT2D eigenvalue weighted by atomic mass is 10.1. The quantitative estimate of drug-likeness (QED) is 0.521. The number of rotatable bonds is 3. The second kappa shape index (κ2) is 7.64. The van der Waals surface area contributed by atoms with Gasteiger partial charge in [-0.2, -0.15) is 0 Å². The van der Waals surface area contributed by atoms with E-state index in [9.17, 15) is 19.5 Å².